The molecular weight excluding hydrogens is 228 g/mol. The molecule has 0 aliphatic rings. The summed E-state index contributed by atoms with van der Waals surface area (Å²) in [5, 5.41) is 0. The normalized spacial score (nSPS) is 10.2. The minimum Gasteiger partial charge on any atom is -0.397 e. The van der Waals surface area contributed by atoms with Gasteiger partial charge in [-0.05, 0) is 24.3 Å². The maximum Gasteiger partial charge on any atom is 0.197 e. The Morgan fingerprint density at radius 3 is 1.50 bits per heavy atom. The van der Waals surface area contributed by atoms with Gasteiger partial charge < -0.3 is 22.9 Å². The molecule has 0 radical (unpaired) electrons. The molecule has 0 bridgehead atoms. The molecule has 2 aromatic rings. The topological polar surface area (TPSA) is 121 Å². The van der Waals surface area contributed by atoms with E-state index in [9.17, 15) is 4.79 Å². The van der Waals surface area contributed by atoms with Gasteiger partial charge in [-0.2, -0.15) is 0 Å². The van der Waals surface area contributed by atoms with Gasteiger partial charge in [0.05, 0.1) is 22.7 Å². The van der Waals surface area contributed by atoms with Crippen molar-refractivity contribution in [2.24, 2.45) is 0 Å². The van der Waals surface area contributed by atoms with Crippen molar-refractivity contribution in [1.82, 2.24) is 0 Å². The van der Waals surface area contributed by atoms with Crippen molar-refractivity contribution in [1.29, 1.82) is 0 Å². The lowest BCUT2D eigenvalue weighted by molar-refractivity contribution is 0.104. The van der Waals surface area contributed by atoms with E-state index >= 15 is 0 Å². The van der Waals surface area contributed by atoms with Gasteiger partial charge >= 0.3 is 0 Å². The number of carbonyl (C=O) groups excluding carboxylic acids is 1. The van der Waals surface area contributed by atoms with Crippen LogP contribution in [-0.2, 0) is 0 Å². The largest absolute Gasteiger partial charge is 0.397 e. The van der Waals surface area contributed by atoms with Crippen molar-refractivity contribution in [3.63, 3.8) is 0 Å². The molecule has 0 aliphatic carbocycles. The first-order valence-electron chi connectivity index (χ1n) is 5.35. The number of carbonyl (C=O) groups is 1. The highest BCUT2D eigenvalue weighted by Crippen LogP contribution is 2.26. The quantitative estimate of drug-likeness (QED) is 0.466. The van der Waals surface area contributed by atoms with E-state index in [0.717, 1.165) is 0 Å². The van der Waals surface area contributed by atoms with Crippen LogP contribution in [0.15, 0.2) is 36.4 Å². The average Bonchev–Trinajstić information content (AvgIpc) is 2.35. The van der Waals surface area contributed by atoms with Crippen LogP contribution in [0.4, 0.5) is 22.7 Å². The molecule has 0 spiro atoms. The van der Waals surface area contributed by atoms with Crippen LogP contribution < -0.4 is 22.9 Å². The van der Waals surface area contributed by atoms with Crippen molar-refractivity contribution in [3.8, 4) is 0 Å². The summed E-state index contributed by atoms with van der Waals surface area (Å²) in [5.74, 6) is -0.287. The summed E-state index contributed by atoms with van der Waals surface area (Å²) in [6.07, 6.45) is 0. The molecule has 5 nitrogen and oxygen atoms in total. The highest BCUT2D eigenvalue weighted by molar-refractivity contribution is 6.16. The fourth-order valence-electron chi connectivity index (χ4n) is 1.71. The van der Waals surface area contributed by atoms with Gasteiger partial charge in [0.25, 0.3) is 0 Å². The van der Waals surface area contributed by atoms with E-state index in [1.807, 2.05) is 0 Å². The second kappa shape index (κ2) is 4.29. The number of hydrogen-bond acceptors (Lipinski definition) is 5. The Balaban J connectivity index is 2.55. The van der Waals surface area contributed by atoms with E-state index in [-0.39, 0.29) is 17.2 Å². The van der Waals surface area contributed by atoms with Crippen LogP contribution in [0.3, 0.4) is 0 Å². The first-order valence-corrected chi connectivity index (χ1v) is 5.35. The lowest BCUT2D eigenvalue weighted by atomic mass is 9.99. The monoisotopic (exact) mass is 242 g/mol. The van der Waals surface area contributed by atoms with E-state index in [0.29, 0.717) is 22.5 Å². The minimum absolute atomic E-state index is 0.254. The van der Waals surface area contributed by atoms with Crippen LogP contribution in [0, 0.1) is 0 Å². The van der Waals surface area contributed by atoms with E-state index in [4.69, 9.17) is 22.9 Å². The molecule has 18 heavy (non-hydrogen) atoms. The Kier molecular flexibility index (Phi) is 2.81. The summed E-state index contributed by atoms with van der Waals surface area (Å²) in [5.41, 5.74) is 24.8. The van der Waals surface area contributed by atoms with Gasteiger partial charge in [-0.25, -0.2) is 0 Å². The zero-order valence-corrected chi connectivity index (χ0v) is 9.68. The van der Waals surface area contributed by atoms with Crippen LogP contribution in [0.2, 0.25) is 0 Å². The number of anilines is 4. The number of nitrogen functional groups attached to an aromatic ring is 4. The first kappa shape index (κ1) is 11.8. The fraction of sp³-hybridized carbons (Fsp3) is 0. The standard InChI is InChI=1S/C13H14N4O/c14-9-5-1-3-7(11(9)16)13(18)8-4-2-6-10(15)12(8)17/h1-6H,14-17H2. The van der Waals surface area contributed by atoms with E-state index in [1.165, 1.54) is 0 Å². The maximum atomic E-state index is 12.3. The second-order valence-electron chi connectivity index (χ2n) is 3.95. The molecule has 2 aromatic carbocycles. The van der Waals surface area contributed by atoms with Crippen molar-refractivity contribution < 1.29 is 4.79 Å². The number of para-hydroxylation sites is 2. The smallest absolute Gasteiger partial charge is 0.197 e. The summed E-state index contributed by atoms with van der Waals surface area (Å²) in [6.45, 7) is 0. The average molecular weight is 242 g/mol. The van der Waals surface area contributed by atoms with Gasteiger partial charge in [-0.3, -0.25) is 4.79 Å². The molecule has 0 unspecified atom stereocenters. The van der Waals surface area contributed by atoms with Gasteiger partial charge in [-0.15, -0.1) is 0 Å². The zero-order valence-electron chi connectivity index (χ0n) is 9.68. The van der Waals surface area contributed by atoms with Gasteiger partial charge in [0.2, 0.25) is 0 Å². The SMILES string of the molecule is Nc1cccc(C(=O)c2cccc(N)c2N)c1N. The highest BCUT2D eigenvalue weighted by Gasteiger charge is 2.16. The number of benzene rings is 2. The maximum absolute atomic E-state index is 12.3. The Hall–Kier alpha value is -2.69. The first-order chi connectivity index (χ1) is 8.52. The molecule has 0 saturated carbocycles. The Bertz CT molecular complexity index is 569. The molecule has 0 amide bonds. The van der Waals surface area contributed by atoms with E-state index in [1.54, 1.807) is 36.4 Å². The predicted octanol–water partition coefficient (Wildman–Crippen LogP) is 1.25. The van der Waals surface area contributed by atoms with Crippen molar-refractivity contribution in [2.45, 2.75) is 0 Å². The molecule has 0 atom stereocenters. The van der Waals surface area contributed by atoms with Crippen LogP contribution in [0.5, 0.6) is 0 Å². The van der Waals surface area contributed by atoms with Crippen molar-refractivity contribution in [3.05, 3.63) is 47.5 Å². The van der Waals surface area contributed by atoms with Crippen LogP contribution in [0.1, 0.15) is 15.9 Å². The van der Waals surface area contributed by atoms with Gasteiger partial charge in [-0.1, -0.05) is 12.1 Å². The lowest BCUT2D eigenvalue weighted by Gasteiger charge is -2.10. The number of hydrogen-bond donors (Lipinski definition) is 4. The molecule has 0 fully saturated rings. The van der Waals surface area contributed by atoms with Crippen LogP contribution in [-0.4, -0.2) is 5.78 Å². The Morgan fingerprint density at radius 1 is 0.722 bits per heavy atom. The van der Waals surface area contributed by atoms with Gasteiger partial charge in [0.15, 0.2) is 5.78 Å². The van der Waals surface area contributed by atoms with Crippen LogP contribution >= 0.6 is 0 Å². The number of ketones is 1. The summed E-state index contributed by atoms with van der Waals surface area (Å²) in [7, 11) is 0. The lowest BCUT2D eigenvalue weighted by Crippen LogP contribution is -2.10. The third-order valence-corrected chi connectivity index (χ3v) is 2.77. The fourth-order valence-corrected chi connectivity index (χ4v) is 1.71. The molecular formula is C13H14N4O. The molecule has 0 saturated heterocycles. The molecule has 0 aromatic heterocycles. The molecule has 8 N–H and O–H groups in total. The molecule has 0 heterocycles. The molecule has 0 aliphatic heterocycles. The Morgan fingerprint density at radius 2 is 1.11 bits per heavy atom. The van der Waals surface area contributed by atoms with Crippen molar-refractivity contribution >= 4 is 28.5 Å². The minimum atomic E-state index is -0.287. The molecule has 5 heteroatoms. The third-order valence-electron chi connectivity index (χ3n) is 2.77. The summed E-state index contributed by atoms with van der Waals surface area (Å²) < 4.78 is 0. The number of nitrogens with two attached hydrogens (primary N) is 4. The third kappa shape index (κ3) is 1.82. The predicted molar refractivity (Wildman–Crippen MR) is 74.0 cm³/mol. The van der Waals surface area contributed by atoms with Gasteiger partial charge in [0, 0.05) is 11.1 Å². The summed E-state index contributed by atoms with van der Waals surface area (Å²) in [6, 6.07) is 9.82. The zero-order chi connectivity index (χ0) is 13.3. The van der Waals surface area contributed by atoms with E-state index in [2.05, 4.69) is 0 Å². The second-order valence-corrected chi connectivity index (χ2v) is 3.95. The van der Waals surface area contributed by atoms with E-state index < -0.39 is 0 Å². The summed E-state index contributed by atoms with van der Waals surface area (Å²) >= 11 is 0. The highest BCUT2D eigenvalue weighted by atomic mass is 16.1. The number of rotatable bonds is 2. The van der Waals surface area contributed by atoms with Crippen LogP contribution in [0.25, 0.3) is 0 Å². The van der Waals surface area contributed by atoms with Gasteiger partial charge in [0.1, 0.15) is 0 Å². The molecule has 2 rings (SSSR count). The van der Waals surface area contributed by atoms with Crippen molar-refractivity contribution in [2.75, 3.05) is 22.9 Å². The Labute approximate surface area is 104 Å². The molecule has 92 valence electrons. The summed E-state index contributed by atoms with van der Waals surface area (Å²) in [4.78, 5) is 12.3.